The van der Waals surface area contributed by atoms with Crippen LogP contribution in [0, 0.1) is 0 Å². The van der Waals surface area contributed by atoms with Gasteiger partial charge in [0.15, 0.2) is 0 Å². The van der Waals surface area contributed by atoms with Gasteiger partial charge in [-0.2, -0.15) is 0 Å². The van der Waals surface area contributed by atoms with Gasteiger partial charge in [-0.05, 0) is 38.3 Å². The van der Waals surface area contributed by atoms with E-state index in [0.29, 0.717) is 31.6 Å². The average molecular weight is 307 g/mol. The standard InChI is InChI=1S/C16H21NO3S/c1-3-20-11(2)13-6-7-14(21-13)16(8-9-19-10-16)15(18)17-12-4-5-12/h6-7,12H,2-5,8-10H2,1H3,(H,17,18). The van der Waals surface area contributed by atoms with Crippen molar-refractivity contribution in [2.75, 3.05) is 19.8 Å². The molecule has 1 aliphatic carbocycles. The molecule has 1 saturated heterocycles. The summed E-state index contributed by atoms with van der Waals surface area (Å²) in [6.07, 6.45) is 2.94. The van der Waals surface area contributed by atoms with Crippen LogP contribution in [0.25, 0.3) is 5.76 Å². The third kappa shape index (κ3) is 2.85. The lowest BCUT2D eigenvalue weighted by molar-refractivity contribution is -0.126. The second kappa shape index (κ2) is 5.81. The number of thiophene rings is 1. The number of hydrogen-bond donors (Lipinski definition) is 1. The normalized spacial score (nSPS) is 24.8. The van der Waals surface area contributed by atoms with Crippen LogP contribution in [-0.2, 0) is 19.7 Å². The summed E-state index contributed by atoms with van der Waals surface area (Å²) in [5.74, 6) is 0.781. The predicted molar refractivity (Wildman–Crippen MR) is 83.3 cm³/mol. The van der Waals surface area contributed by atoms with Gasteiger partial charge in [0.25, 0.3) is 0 Å². The first-order chi connectivity index (χ1) is 10.2. The van der Waals surface area contributed by atoms with E-state index in [0.717, 1.165) is 29.0 Å². The van der Waals surface area contributed by atoms with Gasteiger partial charge in [-0.1, -0.05) is 6.58 Å². The van der Waals surface area contributed by atoms with Crippen LogP contribution in [-0.4, -0.2) is 31.8 Å². The number of hydrogen-bond acceptors (Lipinski definition) is 4. The van der Waals surface area contributed by atoms with Crippen LogP contribution in [0.1, 0.15) is 35.9 Å². The van der Waals surface area contributed by atoms with Crippen molar-refractivity contribution in [3.8, 4) is 0 Å². The molecule has 21 heavy (non-hydrogen) atoms. The number of ether oxygens (including phenoxy) is 2. The topological polar surface area (TPSA) is 47.6 Å². The molecule has 1 aliphatic heterocycles. The van der Waals surface area contributed by atoms with Crippen LogP contribution < -0.4 is 5.32 Å². The summed E-state index contributed by atoms with van der Waals surface area (Å²) in [5.41, 5.74) is -0.530. The van der Waals surface area contributed by atoms with Gasteiger partial charge < -0.3 is 14.8 Å². The van der Waals surface area contributed by atoms with Gasteiger partial charge in [-0.25, -0.2) is 0 Å². The van der Waals surface area contributed by atoms with E-state index < -0.39 is 5.41 Å². The van der Waals surface area contributed by atoms with Crippen molar-refractivity contribution >= 4 is 23.0 Å². The van der Waals surface area contributed by atoms with E-state index in [9.17, 15) is 4.79 Å². The zero-order valence-electron chi connectivity index (χ0n) is 12.3. The van der Waals surface area contributed by atoms with Crippen molar-refractivity contribution in [3.63, 3.8) is 0 Å². The Morgan fingerprint density at radius 2 is 2.38 bits per heavy atom. The van der Waals surface area contributed by atoms with Crippen molar-refractivity contribution in [1.29, 1.82) is 0 Å². The minimum Gasteiger partial charge on any atom is -0.493 e. The summed E-state index contributed by atoms with van der Waals surface area (Å²) in [5, 5.41) is 3.13. The van der Waals surface area contributed by atoms with E-state index >= 15 is 0 Å². The number of nitrogens with one attached hydrogen (secondary N) is 1. The predicted octanol–water partition coefficient (Wildman–Crippen LogP) is 2.69. The van der Waals surface area contributed by atoms with E-state index in [1.807, 2.05) is 19.1 Å². The fourth-order valence-corrected chi connectivity index (χ4v) is 3.72. The molecule has 1 saturated carbocycles. The Kier molecular flexibility index (Phi) is 4.04. The van der Waals surface area contributed by atoms with Crippen LogP contribution >= 0.6 is 11.3 Å². The highest BCUT2D eigenvalue weighted by Crippen LogP contribution is 2.40. The highest BCUT2D eigenvalue weighted by atomic mass is 32.1. The third-order valence-corrected chi connectivity index (χ3v) is 5.37. The van der Waals surface area contributed by atoms with Gasteiger partial charge in [-0.3, -0.25) is 4.79 Å². The molecular formula is C16H21NO3S. The summed E-state index contributed by atoms with van der Waals surface area (Å²) in [6.45, 7) is 7.58. The van der Waals surface area contributed by atoms with E-state index in [1.54, 1.807) is 11.3 Å². The highest BCUT2D eigenvalue weighted by Gasteiger charge is 2.46. The Bertz CT molecular complexity index is 541. The van der Waals surface area contributed by atoms with E-state index in [-0.39, 0.29) is 5.91 Å². The smallest absolute Gasteiger partial charge is 0.234 e. The SMILES string of the molecule is C=C(OCC)c1ccc(C2(C(=O)NC3CC3)CCOC2)s1. The molecule has 1 amide bonds. The molecule has 4 nitrogen and oxygen atoms in total. The molecule has 2 fully saturated rings. The summed E-state index contributed by atoms with van der Waals surface area (Å²) >= 11 is 1.59. The number of amides is 1. The summed E-state index contributed by atoms with van der Waals surface area (Å²) in [4.78, 5) is 14.7. The lowest BCUT2D eigenvalue weighted by Crippen LogP contribution is -2.45. The zero-order valence-corrected chi connectivity index (χ0v) is 13.1. The maximum absolute atomic E-state index is 12.7. The van der Waals surface area contributed by atoms with Gasteiger partial charge in [0, 0.05) is 17.5 Å². The number of carbonyl (C=O) groups is 1. The maximum Gasteiger partial charge on any atom is 0.234 e. The lowest BCUT2D eigenvalue weighted by Gasteiger charge is -2.25. The molecular weight excluding hydrogens is 286 g/mol. The first kappa shape index (κ1) is 14.6. The largest absolute Gasteiger partial charge is 0.493 e. The Balaban J connectivity index is 1.83. The van der Waals surface area contributed by atoms with Crippen LogP contribution in [0.5, 0.6) is 0 Å². The van der Waals surface area contributed by atoms with Crippen LogP contribution in [0.3, 0.4) is 0 Å². The Hall–Kier alpha value is -1.33. The zero-order chi connectivity index (χ0) is 14.9. The molecule has 1 atom stereocenters. The Morgan fingerprint density at radius 3 is 3.00 bits per heavy atom. The Morgan fingerprint density at radius 1 is 1.57 bits per heavy atom. The minimum absolute atomic E-state index is 0.109. The molecule has 114 valence electrons. The van der Waals surface area contributed by atoms with Gasteiger partial charge in [-0.15, -0.1) is 11.3 Å². The highest BCUT2D eigenvalue weighted by molar-refractivity contribution is 7.13. The molecule has 0 aromatic carbocycles. The van der Waals surface area contributed by atoms with Crippen LogP contribution in [0.4, 0.5) is 0 Å². The molecule has 1 N–H and O–H groups in total. The maximum atomic E-state index is 12.7. The fraction of sp³-hybridized carbons (Fsp3) is 0.562. The van der Waals surface area contributed by atoms with E-state index in [2.05, 4.69) is 11.9 Å². The summed E-state index contributed by atoms with van der Waals surface area (Å²) in [7, 11) is 0. The molecule has 1 unspecified atom stereocenters. The van der Waals surface area contributed by atoms with E-state index in [4.69, 9.17) is 9.47 Å². The average Bonchev–Trinajstić information content (AvgIpc) is 2.98. The number of rotatable bonds is 6. The van der Waals surface area contributed by atoms with Gasteiger partial charge in [0.1, 0.15) is 11.2 Å². The summed E-state index contributed by atoms with van der Waals surface area (Å²) < 4.78 is 11.0. The monoisotopic (exact) mass is 307 g/mol. The Labute approximate surface area is 129 Å². The van der Waals surface area contributed by atoms with Crippen LogP contribution in [0.2, 0.25) is 0 Å². The van der Waals surface area contributed by atoms with Gasteiger partial charge in [0.05, 0.1) is 18.1 Å². The van der Waals surface area contributed by atoms with Crippen molar-refractivity contribution in [3.05, 3.63) is 28.5 Å². The van der Waals surface area contributed by atoms with E-state index in [1.165, 1.54) is 0 Å². The van der Waals surface area contributed by atoms with Crippen molar-refractivity contribution in [2.24, 2.45) is 0 Å². The fourth-order valence-electron chi connectivity index (χ4n) is 2.59. The minimum atomic E-state index is -0.530. The van der Waals surface area contributed by atoms with Crippen molar-refractivity contribution < 1.29 is 14.3 Å². The first-order valence-electron chi connectivity index (χ1n) is 7.47. The van der Waals surface area contributed by atoms with Gasteiger partial charge >= 0.3 is 0 Å². The molecule has 2 aliphatic rings. The van der Waals surface area contributed by atoms with Crippen LogP contribution in [0.15, 0.2) is 18.7 Å². The quantitative estimate of drug-likeness (QED) is 0.822. The molecule has 0 radical (unpaired) electrons. The second-order valence-electron chi connectivity index (χ2n) is 5.65. The van der Waals surface area contributed by atoms with Crippen molar-refractivity contribution in [2.45, 2.75) is 37.6 Å². The molecule has 0 bridgehead atoms. The molecule has 0 spiro atoms. The number of carbonyl (C=O) groups excluding carboxylic acids is 1. The molecule has 2 heterocycles. The second-order valence-corrected chi connectivity index (χ2v) is 6.74. The molecule has 1 aromatic rings. The molecule has 3 rings (SSSR count). The lowest BCUT2D eigenvalue weighted by atomic mass is 9.84. The van der Waals surface area contributed by atoms with Gasteiger partial charge in [0.2, 0.25) is 5.91 Å². The summed E-state index contributed by atoms with van der Waals surface area (Å²) in [6, 6.07) is 4.38. The van der Waals surface area contributed by atoms with Crippen molar-refractivity contribution in [1.82, 2.24) is 5.32 Å². The first-order valence-corrected chi connectivity index (χ1v) is 8.28. The molecule has 5 heteroatoms. The molecule has 1 aromatic heterocycles. The third-order valence-electron chi connectivity index (χ3n) is 4.04.